The van der Waals surface area contributed by atoms with Crippen molar-refractivity contribution in [1.82, 2.24) is 10.6 Å². The van der Waals surface area contributed by atoms with Gasteiger partial charge in [0.15, 0.2) is 0 Å². The van der Waals surface area contributed by atoms with Gasteiger partial charge in [-0.05, 0) is 37.8 Å². The monoisotopic (exact) mass is 310 g/mol. The molecule has 2 atom stereocenters. The summed E-state index contributed by atoms with van der Waals surface area (Å²) >= 11 is 1.55. The van der Waals surface area contributed by atoms with Crippen molar-refractivity contribution in [3.8, 4) is 0 Å². The summed E-state index contributed by atoms with van der Waals surface area (Å²) in [5.74, 6) is -0.327. The number of urea groups is 1. The van der Waals surface area contributed by atoms with Crippen molar-refractivity contribution in [2.45, 2.75) is 32.4 Å². The van der Waals surface area contributed by atoms with Gasteiger partial charge < -0.3 is 15.7 Å². The van der Waals surface area contributed by atoms with E-state index in [-0.39, 0.29) is 6.04 Å². The zero-order valence-electron chi connectivity index (χ0n) is 12.6. The van der Waals surface area contributed by atoms with Crippen LogP contribution in [0.1, 0.15) is 30.5 Å². The van der Waals surface area contributed by atoms with Crippen LogP contribution in [0, 0.1) is 6.92 Å². The van der Waals surface area contributed by atoms with Crippen LogP contribution in [0.2, 0.25) is 0 Å². The number of carbonyl (C=O) groups excluding carboxylic acids is 1. The van der Waals surface area contributed by atoms with Crippen molar-refractivity contribution in [1.29, 1.82) is 0 Å². The van der Waals surface area contributed by atoms with Gasteiger partial charge in [0.2, 0.25) is 0 Å². The molecule has 1 rings (SSSR count). The number of rotatable bonds is 7. The minimum Gasteiger partial charge on any atom is -0.480 e. The van der Waals surface area contributed by atoms with Gasteiger partial charge in [-0.3, -0.25) is 0 Å². The van der Waals surface area contributed by atoms with Crippen molar-refractivity contribution in [3.05, 3.63) is 35.4 Å². The summed E-state index contributed by atoms with van der Waals surface area (Å²) in [4.78, 5) is 23.0. The third kappa shape index (κ3) is 6.08. The number of aryl methyl sites for hydroxylation is 1. The SMILES string of the molecule is CSCC[C@@H](NC(=O)NC(C)c1ccc(C)cc1)C(=O)O. The lowest BCUT2D eigenvalue weighted by Gasteiger charge is -2.18. The highest BCUT2D eigenvalue weighted by molar-refractivity contribution is 7.98. The normalized spacial score (nSPS) is 13.3. The summed E-state index contributed by atoms with van der Waals surface area (Å²) in [6.07, 6.45) is 2.31. The smallest absolute Gasteiger partial charge is 0.326 e. The molecule has 1 unspecified atom stereocenters. The molecule has 6 heteroatoms. The quantitative estimate of drug-likeness (QED) is 0.723. The molecule has 0 aliphatic carbocycles. The second-order valence-electron chi connectivity index (χ2n) is 4.92. The van der Waals surface area contributed by atoms with E-state index in [4.69, 9.17) is 5.11 Å². The van der Waals surface area contributed by atoms with Gasteiger partial charge >= 0.3 is 12.0 Å². The first-order chi connectivity index (χ1) is 9.93. The Labute approximate surface area is 129 Å². The number of hydrogen-bond acceptors (Lipinski definition) is 3. The van der Waals surface area contributed by atoms with E-state index in [1.54, 1.807) is 11.8 Å². The van der Waals surface area contributed by atoms with Gasteiger partial charge in [-0.25, -0.2) is 9.59 Å². The molecule has 0 aliphatic heterocycles. The Bertz CT molecular complexity index is 476. The first-order valence-corrected chi connectivity index (χ1v) is 8.18. The van der Waals surface area contributed by atoms with Crippen LogP contribution in [0.4, 0.5) is 4.79 Å². The Balaban J connectivity index is 2.54. The van der Waals surface area contributed by atoms with Crippen molar-refractivity contribution < 1.29 is 14.7 Å². The molecule has 1 aromatic rings. The molecule has 0 heterocycles. The molecule has 0 spiro atoms. The summed E-state index contributed by atoms with van der Waals surface area (Å²) in [6, 6.07) is 6.35. The van der Waals surface area contributed by atoms with E-state index in [1.807, 2.05) is 44.4 Å². The zero-order valence-corrected chi connectivity index (χ0v) is 13.4. The molecule has 0 saturated carbocycles. The van der Waals surface area contributed by atoms with Gasteiger partial charge in [0, 0.05) is 0 Å². The zero-order chi connectivity index (χ0) is 15.8. The van der Waals surface area contributed by atoms with Gasteiger partial charge in [0.05, 0.1) is 6.04 Å². The Morgan fingerprint density at radius 2 is 1.86 bits per heavy atom. The van der Waals surface area contributed by atoms with Gasteiger partial charge in [-0.1, -0.05) is 29.8 Å². The largest absolute Gasteiger partial charge is 0.480 e. The number of carboxylic acids is 1. The lowest BCUT2D eigenvalue weighted by atomic mass is 10.1. The van der Waals surface area contributed by atoms with E-state index in [0.29, 0.717) is 12.2 Å². The van der Waals surface area contributed by atoms with Crippen molar-refractivity contribution in [2.75, 3.05) is 12.0 Å². The topological polar surface area (TPSA) is 78.4 Å². The number of benzene rings is 1. The highest BCUT2D eigenvalue weighted by Gasteiger charge is 2.20. The number of amides is 2. The number of carbonyl (C=O) groups is 2. The second-order valence-corrected chi connectivity index (χ2v) is 5.91. The first-order valence-electron chi connectivity index (χ1n) is 6.79. The van der Waals surface area contributed by atoms with Crippen LogP contribution in [0.15, 0.2) is 24.3 Å². The van der Waals surface area contributed by atoms with Crippen molar-refractivity contribution in [2.24, 2.45) is 0 Å². The number of thioether (sulfide) groups is 1. The molecule has 0 aromatic heterocycles. The van der Waals surface area contributed by atoms with Gasteiger partial charge in [-0.2, -0.15) is 11.8 Å². The average molecular weight is 310 g/mol. The standard InChI is InChI=1S/C15H22N2O3S/c1-10-4-6-12(7-5-10)11(2)16-15(20)17-13(14(18)19)8-9-21-3/h4-7,11,13H,8-9H2,1-3H3,(H,18,19)(H2,16,17,20)/t11?,13-/m1/s1. The molecule has 3 N–H and O–H groups in total. The van der Waals surface area contributed by atoms with Crippen molar-refractivity contribution >= 4 is 23.8 Å². The van der Waals surface area contributed by atoms with E-state index >= 15 is 0 Å². The number of nitrogens with one attached hydrogen (secondary N) is 2. The van der Waals surface area contributed by atoms with Gasteiger partial charge in [0.1, 0.15) is 6.04 Å². The highest BCUT2D eigenvalue weighted by Crippen LogP contribution is 2.12. The molecule has 5 nitrogen and oxygen atoms in total. The summed E-state index contributed by atoms with van der Waals surface area (Å²) in [5, 5.41) is 14.3. The average Bonchev–Trinajstić information content (AvgIpc) is 2.43. The number of aliphatic carboxylic acids is 1. The van der Waals surface area contributed by atoms with E-state index in [9.17, 15) is 9.59 Å². The lowest BCUT2D eigenvalue weighted by molar-refractivity contribution is -0.139. The molecular weight excluding hydrogens is 288 g/mol. The van der Waals surface area contributed by atoms with Crippen LogP contribution in [0.25, 0.3) is 0 Å². The third-order valence-corrected chi connectivity index (χ3v) is 3.78. The van der Waals surface area contributed by atoms with Crippen LogP contribution in [-0.2, 0) is 4.79 Å². The molecule has 0 fully saturated rings. The molecule has 2 amide bonds. The molecule has 116 valence electrons. The summed E-state index contributed by atoms with van der Waals surface area (Å²) in [6.45, 7) is 3.86. The second kappa shape index (κ2) is 8.56. The van der Waals surface area contributed by atoms with Gasteiger partial charge in [0.25, 0.3) is 0 Å². The van der Waals surface area contributed by atoms with Crippen LogP contribution in [0.3, 0.4) is 0 Å². The molecule has 0 aliphatic rings. The maximum Gasteiger partial charge on any atom is 0.326 e. The van der Waals surface area contributed by atoms with Crippen LogP contribution >= 0.6 is 11.8 Å². The third-order valence-electron chi connectivity index (χ3n) is 3.14. The Morgan fingerprint density at radius 1 is 1.24 bits per heavy atom. The maximum absolute atomic E-state index is 11.9. The highest BCUT2D eigenvalue weighted by atomic mass is 32.2. The van der Waals surface area contributed by atoms with E-state index in [1.165, 1.54) is 0 Å². The van der Waals surface area contributed by atoms with E-state index in [2.05, 4.69) is 10.6 Å². The molecule has 0 bridgehead atoms. The Hall–Kier alpha value is -1.69. The summed E-state index contributed by atoms with van der Waals surface area (Å²) < 4.78 is 0. The van der Waals surface area contributed by atoms with Crippen LogP contribution in [-0.4, -0.2) is 35.2 Å². The predicted molar refractivity (Wildman–Crippen MR) is 85.7 cm³/mol. The predicted octanol–water partition coefficient (Wildman–Crippen LogP) is 2.56. The Kier molecular flexibility index (Phi) is 7.08. The molecule has 21 heavy (non-hydrogen) atoms. The fourth-order valence-corrected chi connectivity index (χ4v) is 2.30. The minimum atomic E-state index is -1.01. The van der Waals surface area contributed by atoms with E-state index < -0.39 is 18.0 Å². The fourth-order valence-electron chi connectivity index (χ4n) is 1.83. The van der Waals surface area contributed by atoms with Crippen LogP contribution in [0.5, 0.6) is 0 Å². The van der Waals surface area contributed by atoms with E-state index in [0.717, 1.165) is 11.1 Å². The molecular formula is C15H22N2O3S. The first kappa shape index (κ1) is 17.4. The van der Waals surface area contributed by atoms with Gasteiger partial charge in [-0.15, -0.1) is 0 Å². The number of carboxylic acid groups (broad SMARTS) is 1. The molecule has 0 radical (unpaired) electrons. The van der Waals surface area contributed by atoms with Crippen LogP contribution < -0.4 is 10.6 Å². The fraction of sp³-hybridized carbons (Fsp3) is 0.467. The summed E-state index contributed by atoms with van der Waals surface area (Å²) in [7, 11) is 0. The molecule has 1 aromatic carbocycles. The Morgan fingerprint density at radius 3 is 2.38 bits per heavy atom. The van der Waals surface area contributed by atoms with Crippen molar-refractivity contribution in [3.63, 3.8) is 0 Å². The number of hydrogen-bond donors (Lipinski definition) is 3. The maximum atomic E-state index is 11.9. The minimum absolute atomic E-state index is 0.180. The summed E-state index contributed by atoms with van der Waals surface area (Å²) in [5.41, 5.74) is 2.13. The lowest BCUT2D eigenvalue weighted by Crippen LogP contribution is -2.46. The molecule has 0 saturated heterocycles.